The van der Waals surface area contributed by atoms with Crippen molar-refractivity contribution in [2.75, 3.05) is 20.3 Å². The second kappa shape index (κ2) is 9.02. The highest BCUT2D eigenvalue weighted by molar-refractivity contribution is 6.33. The number of ether oxygens (including phenoxy) is 1. The fourth-order valence-corrected chi connectivity index (χ4v) is 2.41. The number of halogens is 1. The summed E-state index contributed by atoms with van der Waals surface area (Å²) in [5.41, 5.74) is 0.626. The third-order valence-corrected chi connectivity index (χ3v) is 3.80. The SMILES string of the molecule is COCCCNC(=O)[C@H](C#N)C(=O)c1ccc(-c2ccccc2Cl)o1. The molecule has 1 atom stereocenters. The van der Waals surface area contributed by atoms with Crippen LogP contribution in [0.3, 0.4) is 0 Å². The number of Topliss-reactive ketones (excluding diaryl/α,β-unsaturated/α-hetero) is 1. The smallest absolute Gasteiger partial charge is 0.245 e. The summed E-state index contributed by atoms with van der Waals surface area (Å²) in [6, 6.07) is 11.8. The summed E-state index contributed by atoms with van der Waals surface area (Å²) < 4.78 is 10.4. The number of rotatable bonds is 8. The van der Waals surface area contributed by atoms with Crippen LogP contribution in [0.5, 0.6) is 0 Å². The van der Waals surface area contributed by atoms with Gasteiger partial charge in [0.2, 0.25) is 11.7 Å². The van der Waals surface area contributed by atoms with Crippen molar-refractivity contribution in [1.29, 1.82) is 5.26 Å². The van der Waals surface area contributed by atoms with Gasteiger partial charge in [0.15, 0.2) is 11.7 Å². The van der Waals surface area contributed by atoms with Gasteiger partial charge in [-0.15, -0.1) is 0 Å². The third-order valence-electron chi connectivity index (χ3n) is 3.47. The Morgan fingerprint density at radius 2 is 2.08 bits per heavy atom. The summed E-state index contributed by atoms with van der Waals surface area (Å²) in [7, 11) is 1.55. The van der Waals surface area contributed by atoms with Gasteiger partial charge in [0.05, 0.1) is 11.1 Å². The van der Waals surface area contributed by atoms with Crippen molar-refractivity contribution in [1.82, 2.24) is 5.32 Å². The van der Waals surface area contributed by atoms with Crippen molar-refractivity contribution in [2.45, 2.75) is 6.42 Å². The molecular formula is C18H17ClN2O4. The lowest BCUT2D eigenvalue weighted by atomic mass is 10.0. The molecule has 1 aromatic carbocycles. The van der Waals surface area contributed by atoms with Crippen molar-refractivity contribution in [3.63, 3.8) is 0 Å². The maximum absolute atomic E-state index is 12.4. The second-order valence-corrected chi connectivity index (χ2v) is 5.61. The number of ketones is 1. The van der Waals surface area contributed by atoms with Gasteiger partial charge in [-0.25, -0.2) is 0 Å². The van der Waals surface area contributed by atoms with E-state index in [1.807, 2.05) is 0 Å². The average Bonchev–Trinajstić information content (AvgIpc) is 3.09. The lowest BCUT2D eigenvalue weighted by Crippen LogP contribution is -2.35. The summed E-state index contributed by atoms with van der Waals surface area (Å²) in [5.74, 6) is -2.48. The Kier molecular flexibility index (Phi) is 6.75. The molecule has 0 unspecified atom stereocenters. The number of methoxy groups -OCH3 is 1. The quantitative estimate of drug-likeness (QED) is 0.443. The largest absolute Gasteiger partial charge is 0.453 e. The van der Waals surface area contributed by atoms with Crippen molar-refractivity contribution in [3.8, 4) is 17.4 Å². The van der Waals surface area contributed by atoms with Gasteiger partial charge in [0.25, 0.3) is 0 Å². The maximum atomic E-state index is 12.4. The molecule has 0 saturated heterocycles. The Balaban J connectivity index is 2.10. The number of carbonyl (C=O) groups excluding carboxylic acids is 2. The van der Waals surface area contributed by atoms with Crippen LogP contribution in [-0.2, 0) is 9.53 Å². The number of hydrogen-bond acceptors (Lipinski definition) is 5. The van der Waals surface area contributed by atoms with Gasteiger partial charge in [0.1, 0.15) is 5.76 Å². The van der Waals surface area contributed by atoms with Gasteiger partial charge in [-0.3, -0.25) is 9.59 Å². The average molecular weight is 361 g/mol. The van der Waals surface area contributed by atoms with E-state index in [-0.39, 0.29) is 5.76 Å². The molecule has 0 saturated carbocycles. The molecule has 130 valence electrons. The Labute approximate surface area is 150 Å². The number of nitriles is 1. The Morgan fingerprint density at radius 1 is 1.32 bits per heavy atom. The van der Waals surface area contributed by atoms with Gasteiger partial charge in [-0.2, -0.15) is 5.26 Å². The van der Waals surface area contributed by atoms with Crippen LogP contribution in [0, 0.1) is 17.2 Å². The van der Waals surface area contributed by atoms with Crippen LogP contribution in [0.25, 0.3) is 11.3 Å². The van der Waals surface area contributed by atoms with Crippen LogP contribution < -0.4 is 5.32 Å². The van der Waals surface area contributed by atoms with Gasteiger partial charge in [-0.1, -0.05) is 23.7 Å². The molecule has 1 aromatic heterocycles. The van der Waals surface area contributed by atoms with Crippen LogP contribution >= 0.6 is 11.6 Å². The van der Waals surface area contributed by atoms with Crippen LogP contribution in [-0.4, -0.2) is 32.0 Å². The van der Waals surface area contributed by atoms with E-state index < -0.39 is 17.6 Å². The zero-order valence-electron chi connectivity index (χ0n) is 13.6. The maximum Gasteiger partial charge on any atom is 0.245 e. The minimum absolute atomic E-state index is 0.0616. The molecule has 0 fully saturated rings. The standard InChI is InChI=1S/C18H17ClN2O4/c1-24-10-4-9-21-18(23)13(11-20)17(22)16-8-7-15(25-16)12-5-2-3-6-14(12)19/h2-3,5-8,13H,4,9-10H2,1H3,(H,21,23)/t13-/m1/s1. The molecular weight excluding hydrogens is 344 g/mol. The first-order chi connectivity index (χ1) is 12.1. The molecule has 0 bridgehead atoms. The minimum Gasteiger partial charge on any atom is -0.453 e. The minimum atomic E-state index is -1.47. The molecule has 1 heterocycles. The summed E-state index contributed by atoms with van der Waals surface area (Å²) >= 11 is 6.10. The number of hydrogen-bond donors (Lipinski definition) is 1. The molecule has 0 aliphatic rings. The van der Waals surface area contributed by atoms with E-state index in [2.05, 4.69) is 5.32 Å². The number of carbonyl (C=O) groups is 2. The lowest BCUT2D eigenvalue weighted by molar-refractivity contribution is -0.122. The topological polar surface area (TPSA) is 92.3 Å². The van der Waals surface area contributed by atoms with Crippen molar-refractivity contribution >= 4 is 23.3 Å². The first-order valence-electron chi connectivity index (χ1n) is 7.63. The van der Waals surface area contributed by atoms with E-state index in [0.29, 0.717) is 35.9 Å². The number of nitrogens with one attached hydrogen (secondary N) is 1. The molecule has 0 aliphatic heterocycles. The summed E-state index contributed by atoms with van der Waals surface area (Å²) in [6.45, 7) is 0.798. The summed E-state index contributed by atoms with van der Waals surface area (Å²) in [6.07, 6.45) is 0.589. The van der Waals surface area contributed by atoms with Gasteiger partial charge in [-0.05, 0) is 30.7 Å². The second-order valence-electron chi connectivity index (χ2n) is 5.21. The van der Waals surface area contributed by atoms with E-state index in [4.69, 9.17) is 20.8 Å². The summed E-state index contributed by atoms with van der Waals surface area (Å²) in [4.78, 5) is 24.4. The van der Waals surface area contributed by atoms with E-state index >= 15 is 0 Å². The molecule has 0 radical (unpaired) electrons. The molecule has 6 nitrogen and oxygen atoms in total. The zero-order chi connectivity index (χ0) is 18.2. The molecule has 25 heavy (non-hydrogen) atoms. The third kappa shape index (κ3) is 4.69. The van der Waals surface area contributed by atoms with E-state index in [1.54, 1.807) is 43.5 Å². The Hall–Kier alpha value is -2.62. The van der Waals surface area contributed by atoms with Gasteiger partial charge in [0, 0.05) is 25.8 Å². The molecule has 0 aliphatic carbocycles. The lowest BCUT2D eigenvalue weighted by Gasteiger charge is -2.08. The highest BCUT2D eigenvalue weighted by Crippen LogP contribution is 2.29. The fraction of sp³-hybridized carbons (Fsp3) is 0.278. The molecule has 1 amide bonds. The predicted octanol–water partition coefficient (Wildman–Crippen LogP) is 3.08. The van der Waals surface area contributed by atoms with Crippen molar-refractivity contribution < 1.29 is 18.7 Å². The summed E-state index contributed by atoms with van der Waals surface area (Å²) in [5, 5.41) is 12.2. The van der Waals surface area contributed by atoms with Gasteiger partial charge >= 0.3 is 0 Å². The van der Waals surface area contributed by atoms with Crippen molar-refractivity contribution in [3.05, 3.63) is 47.2 Å². The monoisotopic (exact) mass is 360 g/mol. The normalized spacial score (nSPS) is 11.6. The number of nitrogens with zero attached hydrogens (tertiary/aromatic N) is 1. The number of benzene rings is 1. The van der Waals surface area contributed by atoms with E-state index in [0.717, 1.165) is 0 Å². The number of furan rings is 1. The highest BCUT2D eigenvalue weighted by atomic mass is 35.5. The van der Waals surface area contributed by atoms with Crippen LogP contribution in [0.15, 0.2) is 40.8 Å². The van der Waals surface area contributed by atoms with E-state index in [1.165, 1.54) is 6.07 Å². The first kappa shape index (κ1) is 18.7. The van der Waals surface area contributed by atoms with Crippen molar-refractivity contribution in [2.24, 2.45) is 5.92 Å². The molecule has 1 N–H and O–H groups in total. The molecule has 2 rings (SSSR count). The predicted molar refractivity (Wildman–Crippen MR) is 92.1 cm³/mol. The Morgan fingerprint density at radius 3 is 2.76 bits per heavy atom. The molecule has 0 spiro atoms. The van der Waals surface area contributed by atoms with E-state index in [9.17, 15) is 14.9 Å². The number of amides is 1. The highest BCUT2D eigenvalue weighted by Gasteiger charge is 2.29. The molecule has 7 heteroatoms. The van der Waals surface area contributed by atoms with Crippen LogP contribution in [0.2, 0.25) is 5.02 Å². The molecule has 2 aromatic rings. The first-order valence-corrected chi connectivity index (χ1v) is 8.01. The van der Waals surface area contributed by atoms with Crippen LogP contribution in [0.4, 0.5) is 0 Å². The van der Waals surface area contributed by atoms with Crippen LogP contribution in [0.1, 0.15) is 17.0 Å². The zero-order valence-corrected chi connectivity index (χ0v) is 14.4. The van der Waals surface area contributed by atoms with Gasteiger partial charge < -0.3 is 14.5 Å². The fourth-order valence-electron chi connectivity index (χ4n) is 2.18. The Bertz CT molecular complexity index is 794.